The van der Waals surface area contributed by atoms with Crippen LogP contribution in [0.4, 0.5) is 0 Å². The van der Waals surface area contributed by atoms with Gasteiger partial charge in [0.25, 0.3) is 0 Å². The molecule has 1 heterocycles. The van der Waals surface area contributed by atoms with Gasteiger partial charge in [0.1, 0.15) is 18.1 Å². The van der Waals surface area contributed by atoms with Crippen molar-refractivity contribution in [1.82, 2.24) is 0 Å². The maximum absolute atomic E-state index is 6.16. The molecule has 25 heavy (non-hydrogen) atoms. The van der Waals surface area contributed by atoms with Crippen LogP contribution < -0.4 is 14.9 Å². The van der Waals surface area contributed by atoms with Crippen molar-refractivity contribution in [2.45, 2.75) is 45.5 Å². The lowest BCUT2D eigenvalue weighted by Gasteiger charge is -2.32. The quantitative estimate of drug-likeness (QED) is 0.780. The third-order valence-corrected chi connectivity index (χ3v) is 4.95. The molecule has 0 radical (unpaired) electrons. The molecule has 1 fully saturated rings. The fraction of sp³-hybridized carbons (Fsp3) is 0.400. The van der Waals surface area contributed by atoms with E-state index in [2.05, 4.69) is 0 Å². The second kappa shape index (κ2) is 6.73. The first kappa shape index (κ1) is 17.8. The van der Waals surface area contributed by atoms with Crippen molar-refractivity contribution >= 4 is 12.6 Å². The average Bonchev–Trinajstić information content (AvgIpc) is 2.81. The SMILES string of the molecule is COc1cccc(COc2ccccc2B2OC(C)(C)C(C)(C)O2)c1. The number of hydrogen-bond donors (Lipinski definition) is 0. The molecule has 5 heteroatoms. The molecule has 0 saturated carbocycles. The molecule has 1 saturated heterocycles. The van der Waals surface area contributed by atoms with Crippen molar-refractivity contribution in [3.63, 3.8) is 0 Å². The first-order valence-corrected chi connectivity index (χ1v) is 8.53. The number of methoxy groups -OCH3 is 1. The van der Waals surface area contributed by atoms with Gasteiger partial charge in [-0.3, -0.25) is 0 Å². The molecular formula is C20H25BO4. The molecule has 0 spiro atoms. The minimum absolute atomic E-state index is 0.377. The zero-order chi connectivity index (χ0) is 18.1. The number of benzene rings is 2. The highest BCUT2D eigenvalue weighted by molar-refractivity contribution is 6.63. The molecule has 1 aliphatic heterocycles. The minimum Gasteiger partial charge on any atom is -0.497 e. The molecule has 2 aromatic carbocycles. The largest absolute Gasteiger partial charge is 0.498 e. The normalized spacial score (nSPS) is 18.2. The van der Waals surface area contributed by atoms with Crippen molar-refractivity contribution in [1.29, 1.82) is 0 Å². The van der Waals surface area contributed by atoms with E-state index < -0.39 is 7.12 Å². The van der Waals surface area contributed by atoms with E-state index in [1.807, 2.05) is 76.2 Å². The van der Waals surface area contributed by atoms with Gasteiger partial charge in [-0.15, -0.1) is 0 Å². The highest BCUT2D eigenvalue weighted by Crippen LogP contribution is 2.37. The highest BCUT2D eigenvalue weighted by Gasteiger charge is 2.52. The van der Waals surface area contributed by atoms with Crippen LogP contribution in [-0.2, 0) is 15.9 Å². The molecule has 0 atom stereocenters. The van der Waals surface area contributed by atoms with Crippen molar-refractivity contribution in [3.05, 3.63) is 54.1 Å². The second-order valence-corrected chi connectivity index (χ2v) is 7.27. The molecule has 0 aromatic heterocycles. The molecule has 4 nitrogen and oxygen atoms in total. The second-order valence-electron chi connectivity index (χ2n) is 7.27. The summed E-state index contributed by atoms with van der Waals surface area (Å²) in [4.78, 5) is 0. The van der Waals surface area contributed by atoms with Crippen LogP contribution in [0.1, 0.15) is 33.3 Å². The van der Waals surface area contributed by atoms with E-state index in [9.17, 15) is 0 Å². The number of hydrogen-bond acceptors (Lipinski definition) is 4. The topological polar surface area (TPSA) is 36.9 Å². The van der Waals surface area contributed by atoms with Crippen molar-refractivity contribution < 1.29 is 18.8 Å². The van der Waals surface area contributed by atoms with Gasteiger partial charge < -0.3 is 18.8 Å². The minimum atomic E-state index is -0.438. The van der Waals surface area contributed by atoms with Crippen LogP contribution in [0.2, 0.25) is 0 Å². The van der Waals surface area contributed by atoms with Gasteiger partial charge in [0.2, 0.25) is 0 Å². The molecule has 132 valence electrons. The van der Waals surface area contributed by atoms with Crippen LogP contribution in [-0.4, -0.2) is 25.4 Å². The number of para-hydroxylation sites is 1. The molecule has 0 N–H and O–H groups in total. The van der Waals surface area contributed by atoms with E-state index in [4.69, 9.17) is 18.8 Å². The fourth-order valence-electron chi connectivity index (χ4n) is 2.70. The molecule has 3 rings (SSSR count). The summed E-state index contributed by atoms with van der Waals surface area (Å²) in [5.41, 5.74) is 1.20. The molecular weight excluding hydrogens is 315 g/mol. The molecule has 0 bridgehead atoms. The zero-order valence-corrected chi connectivity index (χ0v) is 15.5. The van der Waals surface area contributed by atoms with Gasteiger partial charge in [-0.25, -0.2) is 0 Å². The smallest absolute Gasteiger partial charge is 0.497 e. The van der Waals surface area contributed by atoms with Gasteiger partial charge in [-0.05, 0) is 51.5 Å². The van der Waals surface area contributed by atoms with Crippen LogP contribution in [0.3, 0.4) is 0 Å². The lowest BCUT2D eigenvalue weighted by Crippen LogP contribution is -2.41. The standard InChI is InChI=1S/C20H25BO4/c1-19(2)20(3,4)25-21(24-19)17-11-6-7-12-18(17)23-14-15-9-8-10-16(13-15)22-5/h6-13H,14H2,1-5H3. The van der Waals surface area contributed by atoms with Crippen LogP contribution in [0.15, 0.2) is 48.5 Å². The van der Waals surface area contributed by atoms with Crippen LogP contribution in [0.5, 0.6) is 11.5 Å². The first-order valence-electron chi connectivity index (χ1n) is 8.53. The number of ether oxygens (including phenoxy) is 2. The Labute approximate surface area is 150 Å². The third kappa shape index (κ3) is 3.67. The van der Waals surface area contributed by atoms with Crippen molar-refractivity contribution in [2.24, 2.45) is 0 Å². The van der Waals surface area contributed by atoms with Crippen LogP contribution >= 0.6 is 0 Å². The summed E-state index contributed by atoms with van der Waals surface area (Å²) in [7, 11) is 1.22. The Balaban J connectivity index is 1.78. The number of rotatable bonds is 5. The van der Waals surface area contributed by atoms with Crippen LogP contribution in [0.25, 0.3) is 0 Å². The lowest BCUT2D eigenvalue weighted by atomic mass is 9.78. The van der Waals surface area contributed by atoms with Crippen molar-refractivity contribution in [2.75, 3.05) is 7.11 Å². The summed E-state index contributed by atoms with van der Waals surface area (Å²) in [5, 5.41) is 0. The van der Waals surface area contributed by atoms with E-state index in [1.165, 1.54) is 0 Å². The van der Waals surface area contributed by atoms with Gasteiger partial charge >= 0.3 is 7.12 Å². The van der Waals surface area contributed by atoms with E-state index in [-0.39, 0.29) is 11.2 Å². The average molecular weight is 340 g/mol. The Morgan fingerprint density at radius 2 is 1.60 bits per heavy atom. The molecule has 2 aromatic rings. The fourth-order valence-corrected chi connectivity index (χ4v) is 2.70. The predicted molar refractivity (Wildman–Crippen MR) is 99.5 cm³/mol. The van der Waals surface area contributed by atoms with E-state index in [1.54, 1.807) is 7.11 Å². The summed E-state index contributed by atoms with van der Waals surface area (Å²) >= 11 is 0. The molecule has 0 amide bonds. The zero-order valence-electron chi connectivity index (χ0n) is 15.5. The van der Waals surface area contributed by atoms with Gasteiger partial charge in [-0.1, -0.05) is 30.3 Å². The summed E-state index contributed by atoms with van der Waals surface area (Å²) in [6.45, 7) is 8.65. The Bertz CT molecular complexity index is 726. The summed E-state index contributed by atoms with van der Waals surface area (Å²) in [6.07, 6.45) is 0. The first-order chi connectivity index (χ1) is 11.8. The van der Waals surface area contributed by atoms with E-state index >= 15 is 0 Å². The Kier molecular flexibility index (Phi) is 4.80. The van der Waals surface area contributed by atoms with Gasteiger partial charge in [0, 0.05) is 5.46 Å². The summed E-state index contributed by atoms with van der Waals surface area (Å²) in [5.74, 6) is 1.59. The molecule has 0 aliphatic carbocycles. The van der Waals surface area contributed by atoms with Crippen molar-refractivity contribution in [3.8, 4) is 11.5 Å². The third-order valence-electron chi connectivity index (χ3n) is 4.95. The van der Waals surface area contributed by atoms with Crippen LogP contribution in [0, 0.1) is 0 Å². The van der Waals surface area contributed by atoms with E-state index in [0.717, 1.165) is 22.5 Å². The monoisotopic (exact) mass is 340 g/mol. The van der Waals surface area contributed by atoms with Gasteiger partial charge in [0.05, 0.1) is 18.3 Å². The molecule has 1 aliphatic rings. The Hall–Kier alpha value is -1.98. The Morgan fingerprint density at radius 1 is 0.920 bits per heavy atom. The highest BCUT2D eigenvalue weighted by atomic mass is 16.7. The predicted octanol–water partition coefficient (Wildman–Crippen LogP) is 3.57. The Morgan fingerprint density at radius 3 is 2.28 bits per heavy atom. The maximum atomic E-state index is 6.16. The summed E-state index contributed by atoms with van der Waals surface area (Å²) in [6, 6.07) is 15.7. The maximum Gasteiger partial charge on any atom is 0.498 e. The van der Waals surface area contributed by atoms with Gasteiger partial charge in [-0.2, -0.15) is 0 Å². The lowest BCUT2D eigenvalue weighted by molar-refractivity contribution is 0.00578. The van der Waals surface area contributed by atoms with Gasteiger partial charge in [0.15, 0.2) is 0 Å². The summed E-state index contributed by atoms with van der Waals surface area (Å²) < 4.78 is 23.6. The molecule has 0 unspecified atom stereocenters. The van der Waals surface area contributed by atoms with E-state index in [0.29, 0.717) is 6.61 Å².